The lowest BCUT2D eigenvalue weighted by Crippen LogP contribution is -2.13. The van der Waals surface area contributed by atoms with Crippen molar-refractivity contribution in [2.24, 2.45) is 0 Å². The number of aromatic nitrogens is 1. The van der Waals surface area contributed by atoms with Crippen LogP contribution < -0.4 is 5.56 Å². The van der Waals surface area contributed by atoms with Gasteiger partial charge in [0.25, 0.3) is 0 Å². The molecule has 0 fully saturated rings. The second kappa shape index (κ2) is 5.31. The van der Waals surface area contributed by atoms with Gasteiger partial charge < -0.3 is 9.72 Å². The van der Waals surface area contributed by atoms with Gasteiger partial charge in [0, 0.05) is 6.07 Å². The molecule has 18 heavy (non-hydrogen) atoms. The maximum absolute atomic E-state index is 11.8. The van der Waals surface area contributed by atoms with E-state index >= 15 is 0 Å². The minimum absolute atomic E-state index is 0.248. The molecule has 0 aliphatic rings. The summed E-state index contributed by atoms with van der Waals surface area (Å²) in [6.45, 7) is 2.04. The van der Waals surface area contributed by atoms with Gasteiger partial charge in [0.1, 0.15) is 0 Å². The number of pyridine rings is 1. The zero-order chi connectivity index (χ0) is 13.0. The Balaban J connectivity index is 2.55. The molecule has 2 aromatic rings. The lowest BCUT2D eigenvalue weighted by Gasteiger charge is -2.08. The normalized spacial score (nSPS) is 10.1. The molecule has 0 amide bonds. The van der Waals surface area contributed by atoms with E-state index in [4.69, 9.17) is 4.74 Å². The lowest BCUT2D eigenvalue weighted by molar-refractivity contribution is 0.0527. The molecule has 2 rings (SSSR count). The maximum atomic E-state index is 11.8. The summed E-state index contributed by atoms with van der Waals surface area (Å²) in [6.07, 6.45) is 0. The van der Waals surface area contributed by atoms with E-state index in [9.17, 15) is 9.59 Å². The summed E-state index contributed by atoms with van der Waals surface area (Å²) in [5.41, 5.74) is 1.38. The largest absolute Gasteiger partial charge is 0.462 e. The van der Waals surface area contributed by atoms with Crippen molar-refractivity contribution in [3.05, 3.63) is 58.4 Å². The van der Waals surface area contributed by atoms with Crippen LogP contribution in [0.15, 0.2) is 47.3 Å². The van der Waals surface area contributed by atoms with Crippen LogP contribution in [0.4, 0.5) is 0 Å². The molecule has 0 aliphatic heterocycles. The Morgan fingerprint density at radius 2 is 1.89 bits per heavy atom. The van der Waals surface area contributed by atoms with Crippen molar-refractivity contribution in [2.45, 2.75) is 6.92 Å². The van der Waals surface area contributed by atoms with E-state index in [-0.39, 0.29) is 5.56 Å². The van der Waals surface area contributed by atoms with E-state index in [2.05, 4.69) is 4.98 Å². The summed E-state index contributed by atoms with van der Waals surface area (Å²) in [6, 6.07) is 12.0. The van der Waals surface area contributed by atoms with Crippen molar-refractivity contribution in [1.29, 1.82) is 0 Å². The second-order valence-corrected chi connectivity index (χ2v) is 3.70. The van der Waals surface area contributed by atoms with Crippen molar-refractivity contribution in [1.82, 2.24) is 4.98 Å². The molecule has 4 nitrogen and oxygen atoms in total. The summed E-state index contributed by atoms with van der Waals surface area (Å²) in [5, 5.41) is 0. The molecule has 1 aromatic heterocycles. The quantitative estimate of drug-likeness (QED) is 0.841. The highest BCUT2D eigenvalue weighted by Gasteiger charge is 2.14. The third kappa shape index (κ3) is 2.48. The maximum Gasteiger partial charge on any atom is 0.340 e. The first-order chi connectivity index (χ1) is 8.72. The van der Waals surface area contributed by atoms with Crippen LogP contribution in [0.5, 0.6) is 0 Å². The Kier molecular flexibility index (Phi) is 3.57. The van der Waals surface area contributed by atoms with E-state index in [1.165, 1.54) is 12.1 Å². The smallest absolute Gasteiger partial charge is 0.340 e. The van der Waals surface area contributed by atoms with Crippen molar-refractivity contribution >= 4 is 5.97 Å². The molecular formula is C14H13NO3. The van der Waals surface area contributed by atoms with Gasteiger partial charge in [-0.3, -0.25) is 4.79 Å². The number of carbonyl (C=O) groups excluding carboxylic acids is 1. The number of nitrogens with one attached hydrogen (secondary N) is 1. The fourth-order valence-corrected chi connectivity index (χ4v) is 1.69. The topological polar surface area (TPSA) is 59.2 Å². The molecular weight excluding hydrogens is 230 g/mol. The summed E-state index contributed by atoms with van der Waals surface area (Å²) in [4.78, 5) is 25.9. The summed E-state index contributed by atoms with van der Waals surface area (Å²) in [5.74, 6) is -0.437. The molecule has 0 aliphatic carbocycles. The molecule has 92 valence electrons. The monoisotopic (exact) mass is 243 g/mol. The lowest BCUT2D eigenvalue weighted by atomic mass is 10.1. The molecule has 4 heteroatoms. The summed E-state index contributed by atoms with van der Waals surface area (Å²) < 4.78 is 4.97. The average molecular weight is 243 g/mol. The van der Waals surface area contributed by atoms with Crippen LogP contribution in [0.2, 0.25) is 0 Å². The number of ether oxygens (including phenoxy) is 1. The van der Waals surface area contributed by atoms with Crippen molar-refractivity contribution in [3.63, 3.8) is 0 Å². The number of H-pyrrole nitrogens is 1. The number of hydrogen-bond acceptors (Lipinski definition) is 3. The fourth-order valence-electron chi connectivity index (χ4n) is 1.69. The van der Waals surface area contributed by atoms with E-state index in [1.807, 2.05) is 30.3 Å². The van der Waals surface area contributed by atoms with Crippen LogP contribution in [0.3, 0.4) is 0 Å². The Morgan fingerprint density at radius 3 is 2.56 bits per heavy atom. The van der Waals surface area contributed by atoms with Gasteiger partial charge in [0.15, 0.2) is 0 Å². The van der Waals surface area contributed by atoms with Gasteiger partial charge in [-0.2, -0.15) is 0 Å². The van der Waals surface area contributed by atoms with E-state index in [0.29, 0.717) is 17.9 Å². The summed E-state index contributed by atoms with van der Waals surface area (Å²) >= 11 is 0. The first-order valence-electron chi connectivity index (χ1n) is 5.68. The Labute approximate surface area is 104 Å². The third-order valence-corrected chi connectivity index (χ3v) is 2.48. The number of benzene rings is 1. The van der Waals surface area contributed by atoms with Crippen LogP contribution in [0.25, 0.3) is 11.3 Å². The number of aromatic amines is 1. The molecule has 1 N–H and O–H groups in total. The van der Waals surface area contributed by atoms with Gasteiger partial charge in [-0.15, -0.1) is 0 Å². The Bertz CT molecular complexity index is 602. The highest BCUT2D eigenvalue weighted by Crippen LogP contribution is 2.20. The summed E-state index contributed by atoms with van der Waals surface area (Å²) in [7, 11) is 0. The van der Waals surface area contributed by atoms with Gasteiger partial charge in [0.05, 0.1) is 17.9 Å². The predicted octanol–water partition coefficient (Wildman–Crippen LogP) is 2.22. The zero-order valence-electron chi connectivity index (χ0n) is 9.97. The van der Waals surface area contributed by atoms with E-state index in [1.54, 1.807) is 6.92 Å². The van der Waals surface area contributed by atoms with Gasteiger partial charge in [0.2, 0.25) is 5.56 Å². The number of carbonyl (C=O) groups is 1. The third-order valence-electron chi connectivity index (χ3n) is 2.48. The van der Waals surface area contributed by atoms with Gasteiger partial charge in [-0.05, 0) is 18.6 Å². The van der Waals surface area contributed by atoms with Gasteiger partial charge in [-0.25, -0.2) is 4.79 Å². The standard InChI is InChI=1S/C14H13NO3/c1-2-18-14(17)11-8-9-12(16)15-13(11)10-6-4-3-5-7-10/h3-9H,2H2,1H3,(H,15,16). The molecule has 0 saturated heterocycles. The molecule has 0 bridgehead atoms. The van der Waals surface area contributed by atoms with Crippen LogP contribution in [0, 0.1) is 0 Å². The highest BCUT2D eigenvalue weighted by atomic mass is 16.5. The minimum Gasteiger partial charge on any atom is -0.462 e. The highest BCUT2D eigenvalue weighted by molar-refractivity contribution is 5.96. The van der Waals surface area contributed by atoms with Gasteiger partial charge in [-0.1, -0.05) is 30.3 Å². The average Bonchev–Trinajstić information content (AvgIpc) is 2.40. The first kappa shape index (κ1) is 12.1. The van der Waals surface area contributed by atoms with Crippen LogP contribution >= 0.6 is 0 Å². The molecule has 0 radical (unpaired) electrons. The zero-order valence-corrected chi connectivity index (χ0v) is 9.97. The SMILES string of the molecule is CCOC(=O)c1ccc(=O)[nH]c1-c1ccccc1. The van der Waals surface area contributed by atoms with Crippen molar-refractivity contribution in [2.75, 3.05) is 6.61 Å². The van der Waals surface area contributed by atoms with Crippen molar-refractivity contribution in [3.8, 4) is 11.3 Å². The van der Waals surface area contributed by atoms with Crippen LogP contribution in [0.1, 0.15) is 17.3 Å². The van der Waals surface area contributed by atoms with E-state index < -0.39 is 5.97 Å². The number of rotatable bonds is 3. The first-order valence-corrected chi connectivity index (χ1v) is 5.68. The molecule has 0 spiro atoms. The molecule has 0 unspecified atom stereocenters. The van der Waals surface area contributed by atoms with E-state index in [0.717, 1.165) is 5.56 Å². The predicted molar refractivity (Wildman–Crippen MR) is 68.5 cm³/mol. The van der Waals surface area contributed by atoms with Crippen LogP contribution in [-0.4, -0.2) is 17.6 Å². The number of hydrogen-bond donors (Lipinski definition) is 1. The minimum atomic E-state index is -0.437. The fraction of sp³-hybridized carbons (Fsp3) is 0.143. The Hall–Kier alpha value is -2.36. The molecule has 1 aromatic carbocycles. The second-order valence-electron chi connectivity index (χ2n) is 3.70. The number of esters is 1. The van der Waals surface area contributed by atoms with Gasteiger partial charge >= 0.3 is 5.97 Å². The molecule has 0 atom stereocenters. The molecule has 1 heterocycles. The van der Waals surface area contributed by atoms with Crippen LogP contribution in [-0.2, 0) is 4.74 Å². The molecule has 0 saturated carbocycles. The Morgan fingerprint density at radius 1 is 1.17 bits per heavy atom. The van der Waals surface area contributed by atoms with Crippen molar-refractivity contribution < 1.29 is 9.53 Å².